The Morgan fingerprint density at radius 3 is 2.32 bits per heavy atom. The minimum absolute atomic E-state index is 0.0483. The van der Waals surface area contributed by atoms with Gasteiger partial charge in [0.1, 0.15) is 0 Å². The normalized spacial score (nSPS) is 24.0. The van der Waals surface area contributed by atoms with Crippen LogP contribution in [0.3, 0.4) is 0 Å². The first-order valence-electron chi connectivity index (χ1n) is 9.42. The fraction of sp³-hybridized carbons (Fsp3) is 0.125. The highest BCUT2D eigenvalue weighted by Crippen LogP contribution is 2.56. The van der Waals surface area contributed by atoms with Gasteiger partial charge in [-0.15, -0.1) is 0 Å². The fourth-order valence-electron chi connectivity index (χ4n) is 4.73. The molecule has 0 saturated carbocycles. The second kappa shape index (κ2) is 5.33. The van der Waals surface area contributed by atoms with Gasteiger partial charge in [0, 0.05) is 29.9 Å². The minimum Gasteiger partial charge on any atom is -0.328 e. The third-order valence-electron chi connectivity index (χ3n) is 6.03. The van der Waals surface area contributed by atoms with Gasteiger partial charge in [0.05, 0.1) is 11.4 Å². The molecular weight excluding hydrogens is 348 g/mol. The number of ether oxygens (including phenoxy) is 1. The molecule has 4 heteroatoms. The Morgan fingerprint density at radius 2 is 1.50 bits per heavy atom. The summed E-state index contributed by atoms with van der Waals surface area (Å²) in [6.07, 6.45) is 3.79. The van der Waals surface area contributed by atoms with Crippen molar-refractivity contribution in [3.8, 4) is 0 Å². The lowest BCUT2D eigenvalue weighted by Crippen LogP contribution is -2.49. The van der Waals surface area contributed by atoms with Crippen LogP contribution in [-0.4, -0.2) is 13.0 Å². The van der Waals surface area contributed by atoms with E-state index in [0.29, 0.717) is 0 Å². The number of anilines is 2. The maximum atomic E-state index is 13.7. The number of para-hydroxylation sites is 2. The highest BCUT2D eigenvalue weighted by molar-refractivity contribution is 6.10. The molecule has 2 atom stereocenters. The number of nitrogens with zero attached hydrogens (tertiary/aromatic N) is 2. The molecule has 3 aromatic carbocycles. The van der Waals surface area contributed by atoms with Gasteiger partial charge in [0.15, 0.2) is 6.23 Å². The van der Waals surface area contributed by atoms with E-state index in [0.717, 1.165) is 33.6 Å². The smallest absolute Gasteiger partial charge is 0.268 e. The molecular formula is C24H18N2O2. The molecule has 0 saturated heterocycles. The second-order valence-corrected chi connectivity index (χ2v) is 7.40. The summed E-state index contributed by atoms with van der Waals surface area (Å²) in [7, 11) is 1.82. The molecule has 136 valence electrons. The molecule has 28 heavy (non-hydrogen) atoms. The fourth-order valence-corrected chi connectivity index (χ4v) is 4.73. The Kier molecular flexibility index (Phi) is 2.98. The van der Waals surface area contributed by atoms with Gasteiger partial charge in [-0.05, 0) is 23.8 Å². The van der Waals surface area contributed by atoms with Crippen LogP contribution in [0.2, 0.25) is 0 Å². The van der Waals surface area contributed by atoms with Gasteiger partial charge >= 0.3 is 0 Å². The van der Waals surface area contributed by atoms with Crippen LogP contribution < -0.4 is 9.80 Å². The Bertz CT molecular complexity index is 1170. The lowest BCUT2D eigenvalue weighted by molar-refractivity contribution is -0.147. The predicted octanol–water partition coefficient (Wildman–Crippen LogP) is 4.43. The Labute approximate surface area is 163 Å². The third kappa shape index (κ3) is 1.76. The molecule has 4 nitrogen and oxygen atoms in total. The van der Waals surface area contributed by atoms with Crippen LogP contribution in [0.4, 0.5) is 11.4 Å². The van der Waals surface area contributed by atoms with Gasteiger partial charge in [-0.25, -0.2) is 0 Å². The quantitative estimate of drug-likeness (QED) is 0.590. The molecule has 0 aromatic heterocycles. The van der Waals surface area contributed by atoms with E-state index >= 15 is 0 Å². The summed E-state index contributed by atoms with van der Waals surface area (Å²) >= 11 is 0. The van der Waals surface area contributed by atoms with E-state index in [2.05, 4.69) is 29.2 Å². The predicted molar refractivity (Wildman–Crippen MR) is 109 cm³/mol. The number of benzene rings is 3. The topological polar surface area (TPSA) is 32.8 Å². The highest BCUT2D eigenvalue weighted by Gasteiger charge is 2.58. The van der Waals surface area contributed by atoms with Crippen LogP contribution in [0, 0.1) is 0 Å². The van der Waals surface area contributed by atoms with Crippen molar-refractivity contribution in [2.24, 2.45) is 0 Å². The number of rotatable bonds is 0. The van der Waals surface area contributed by atoms with Crippen molar-refractivity contribution in [2.45, 2.75) is 11.8 Å². The maximum Gasteiger partial charge on any atom is 0.268 e. The molecule has 3 aliphatic heterocycles. The highest BCUT2D eigenvalue weighted by atomic mass is 16.5. The van der Waals surface area contributed by atoms with E-state index < -0.39 is 5.60 Å². The lowest BCUT2D eigenvalue weighted by atomic mass is 9.83. The molecule has 3 heterocycles. The van der Waals surface area contributed by atoms with E-state index in [1.54, 1.807) is 4.90 Å². The van der Waals surface area contributed by atoms with Crippen molar-refractivity contribution in [2.75, 3.05) is 16.8 Å². The van der Waals surface area contributed by atoms with Crippen molar-refractivity contribution < 1.29 is 9.53 Å². The molecule has 0 aliphatic carbocycles. The zero-order chi connectivity index (χ0) is 18.9. The second-order valence-electron chi connectivity index (χ2n) is 7.40. The molecule has 0 radical (unpaired) electrons. The Balaban J connectivity index is 1.67. The summed E-state index contributed by atoms with van der Waals surface area (Å²) in [5, 5.41) is 0. The van der Waals surface area contributed by atoms with Gasteiger partial charge in [0.2, 0.25) is 5.60 Å². The van der Waals surface area contributed by atoms with E-state index in [9.17, 15) is 4.79 Å². The van der Waals surface area contributed by atoms with Crippen LogP contribution in [-0.2, 0) is 15.1 Å². The van der Waals surface area contributed by atoms with Crippen LogP contribution in [0.25, 0.3) is 6.08 Å². The molecule has 0 N–H and O–H groups in total. The number of carbonyl (C=O) groups excluding carboxylic acids is 1. The average molecular weight is 366 g/mol. The largest absolute Gasteiger partial charge is 0.328 e. The molecule has 0 unspecified atom stereocenters. The lowest BCUT2D eigenvalue weighted by Gasteiger charge is -2.46. The molecule has 3 aromatic rings. The SMILES string of the molecule is CN1C(=O)[C@@]2(O[C@H]3c4ccccc4C=CN3c3ccccc32)c2ccccc21. The average Bonchev–Trinajstić information content (AvgIpc) is 2.97. The summed E-state index contributed by atoms with van der Waals surface area (Å²) in [4.78, 5) is 17.5. The Morgan fingerprint density at radius 1 is 0.857 bits per heavy atom. The van der Waals surface area contributed by atoms with E-state index in [1.165, 1.54) is 0 Å². The van der Waals surface area contributed by atoms with Crippen molar-refractivity contribution in [3.05, 3.63) is 101 Å². The number of carbonyl (C=O) groups is 1. The molecule has 0 bridgehead atoms. The first-order chi connectivity index (χ1) is 13.7. The van der Waals surface area contributed by atoms with E-state index in [1.807, 2.05) is 67.8 Å². The summed E-state index contributed by atoms with van der Waals surface area (Å²) in [6.45, 7) is 0. The first-order valence-corrected chi connectivity index (χ1v) is 9.42. The van der Waals surface area contributed by atoms with E-state index in [4.69, 9.17) is 4.74 Å². The Hall–Kier alpha value is -3.37. The summed E-state index contributed by atoms with van der Waals surface area (Å²) in [5.41, 5.74) is 4.74. The van der Waals surface area contributed by atoms with Gasteiger partial charge in [0.25, 0.3) is 5.91 Å². The molecule has 1 amide bonds. The van der Waals surface area contributed by atoms with Gasteiger partial charge in [-0.3, -0.25) is 4.79 Å². The zero-order valence-electron chi connectivity index (χ0n) is 15.4. The number of amides is 1. The summed E-state index contributed by atoms with van der Waals surface area (Å²) in [5.74, 6) is -0.0483. The van der Waals surface area contributed by atoms with Crippen LogP contribution in [0.5, 0.6) is 0 Å². The number of likely N-dealkylation sites (N-methyl/N-ethyl adjacent to an activating group) is 1. The molecule has 6 rings (SSSR count). The third-order valence-corrected chi connectivity index (χ3v) is 6.03. The van der Waals surface area contributed by atoms with Crippen molar-refractivity contribution in [1.82, 2.24) is 0 Å². The number of fused-ring (bicyclic) bond motifs is 8. The molecule has 3 aliphatic rings. The summed E-state index contributed by atoms with van der Waals surface area (Å²) < 4.78 is 6.78. The van der Waals surface area contributed by atoms with Gasteiger partial charge in [-0.2, -0.15) is 0 Å². The minimum atomic E-state index is -1.14. The number of hydrogen-bond acceptors (Lipinski definition) is 3. The van der Waals surface area contributed by atoms with E-state index in [-0.39, 0.29) is 12.1 Å². The number of hydrogen-bond donors (Lipinski definition) is 0. The van der Waals surface area contributed by atoms with Crippen molar-refractivity contribution in [3.63, 3.8) is 0 Å². The summed E-state index contributed by atoms with van der Waals surface area (Å²) in [6, 6.07) is 24.2. The van der Waals surface area contributed by atoms with Crippen molar-refractivity contribution in [1.29, 1.82) is 0 Å². The van der Waals surface area contributed by atoms with Crippen LogP contribution in [0.1, 0.15) is 28.5 Å². The molecule has 1 spiro atoms. The van der Waals surface area contributed by atoms with Crippen LogP contribution >= 0.6 is 0 Å². The monoisotopic (exact) mass is 366 g/mol. The first kappa shape index (κ1) is 15.7. The van der Waals surface area contributed by atoms with Crippen molar-refractivity contribution >= 4 is 23.4 Å². The molecule has 0 fully saturated rings. The van der Waals surface area contributed by atoms with Gasteiger partial charge < -0.3 is 14.5 Å². The zero-order valence-corrected chi connectivity index (χ0v) is 15.4. The van der Waals surface area contributed by atoms with Gasteiger partial charge in [-0.1, -0.05) is 60.7 Å². The van der Waals surface area contributed by atoms with Crippen LogP contribution in [0.15, 0.2) is 79.0 Å². The maximum absolute atomic E-state index is 13.7. The standard InChI is InChI=1S/C24H18N2O2/c1-25-20-12-6-4-10-18(20)24(23(25)27)19-11-5-7-13-21(19)26-15-14-16-8-2-3-9-17(16)22(26)28-24/h2-15,22H,1H3/t22-,24+/m0/s1.